The Morgan fingerprint density at radius 2 is 1.67 bits per heavy atom. The van der Waals surface area contributed by atoms with E-state index < -0.39 is 0 Å². The highest BCUT2D eigenvalue weighted by Crippen LogP contribution is 2.22. The Bertz CT molecular complexity index is 823. The predicted molar refractivity (Wildman–Crippen MR) is 123 cm³/mol. The summed E-state index contributed by atoms with van der Waals surface area (Å²) in [5, 5.41) is 5.25. The maximum absolute atomic E-state index is 13.0. The van der Waals surface area contributed by atoms with Gasteiger partial charge < -0.3 is 20.4 Å². The van der Waals surface area contributed by atoms with Crippen LogP contribution in [-0.4, -0.2) is 61.5 Å². The minimum Gasteiger partial charge on any atom is -0.341 e. The van der Waals surface area contributed by atoms with Gasteiger partial charge in [-0.1, -0.05) is 42.5 Å². The number of carbonyl (C=O) groups is 2. The van der Waals surface area contributed by atoms with Crippen molar-refractivity contribution >= 4 is 30.0 Å². The Labute approximate surface area is 185 Å². The number of likely N-dealkylation sites (N-methyl/N-ethyl adjacent to an activating group) is 1. The molecule has 0 atom stereocenters. The number of nitrogens with one attached hydrogen (secondary N) is 2. The summed E-state index contributed by atoms with van der Waals surface area (Å²) in [6, 6.07) is 17.9. The second-order valence-corrected chi connectivity index (χ2v) is 7.49. The molecule has 0 aliphatic carbocycles. The molecule has 1 fully saturated rings. The number of hydrogen-bond donors (Lipinski definition) is 2. The molecule has 30 heavy (non-hydrogen) atoms. The number of carbonyl (C=O) groups excluding carboxylic acids is 2. The summed E-state index contributed by atoms with van der Waals surface area (Å²) in [4.78, 5) is 29.0. The van der Waals surface area contributed by atoms with Crippen LogP contribution < -0.4 is 10.6 Å². The molecule has 0 spiro atoms. The normalized spacial score (nSPS) is 14.2. The Morgan fingerprint density at radius 1 is 1.03 bits per heavy atom. The molecule has 3 rings (SSSR count). The first-order valence-electron chi connectivity index (χ1n) is 10.2. The summed E-state index contributed by atoms with van der Waals surface area (Å²) in [6.07, 6.45) is 2.96. The first-order valence-corrected chi connectivity index (χ1v) is 10.2. The zero-order valence-electron chi connectivity index (χ0n) is 17.6. The number of halogens is 1. The number of likely N-dealkylation sites (tertiary alicyclic amines) is 1. The third-order valence-corrected chi connectivity index (χ3v) is 5.60. The molecule has 1 aliphatic rings. The highest BCUT2D eigenvalue weighted by atomic mass is 35.5. The lowest BCUT2D eigenvalue weighted by Gasteiger charge is -2.37. The Morgan fingerprint density at radius 3 is 2.33 bits per heavy atom. The van der Waals surface area contributed by atoms with Crippen molar-refractivity contribution in [2.45, 2.75) is 25.3 Å². The van der Waals surface area contributed by atoms with E-state index in [1.54, 1.807) is 19.2 Å². The molecule has 2 aromatic carbocycles. The predicted octanol–water partition coefficient (Wildman–Crippen LogP) is 3.64. The minimum absolute atomic E-state index is 0. The van der Waals surface area contributed by atoms with Crippen LogP contribution in [0.25, 0.3) is 0 Å². The van der Waals surface area contributed by atoms with E-state index in [-0.39, 0.29) is 24.3 Å². The van der Waals surface area contributed by atoms with Gasteiger partial charge in [-0.25, -0.2) is 4.79 Å². The van der Waals surface area contributed by atoms with Crippen LogP contribution in [0.5, 0.6) is 0 Å². The minimum atomic E-state index is -0.330. The van der Waals surface area contributed by atoms with Crippen molar-refractivity contribution in [3.63, 3.8) is 0 Å². The highest BCUT2D eigenvalue weighted by molar-refractivity contribution is 6.03. The molecule has 1 heterocycles. The number of hydrogen-bond acceptors (Lipinski definition) is 3. The van der Waals surface area contributed by atoms with Gasteiger partial charge in [-0.2, -0.15) is 0 Å². The van der Waals surface area contributed by atoms with Crippen LogP contribution in [0.1, 0.15) is 28.8 Å². The van der Waals surface area contributed by atoms with E-state index in [9.17, 15) is 9.59 Å². The third kappa shape index (κ3) is 6.21. The quantitative estimate of drug-likeness (QED) is 0.735. The van der Waals surface area contributed by atoms with Crippen molar-refractivity contribution in [1.29, 1.82) is 0 Å². The Kier molecular flexibility index (Phi) is 9.15. The molecule has 0 saturated carbocycles. The van der Waals surface area contributed by atoms with Gasteiger partial charge in [0, 0.05) is 32.7 Å². The van der Waals surface area contributed by atoms with Gasteiger partial charge in [0.15, 0.2) is 0 Å². The zero-order chi connectivity index (χ0) is 20.6. The van der Waals surface area contributed by atoms with Gasteiger partial charge in [0.1, 0.15) is 0 Å². The molecular formula is C23H31ClN4O2. The van der Waals surface area contributed by atoms with Crippen LogP contribution >= 0.6 is 12.4 Å². The van der Waals surface area contributed by atoms with Gasteiger partial charge in [0.2, 0.25) is 0 Å². The van der Waals surface area contributed by atoms with Crippen molar-refractivity contribution in [3.05, 3.63) is 65.7 Å². The van der Waals surface area contributed by atoms with E-state index >= 15 is 0 Å². The summed E-state index contributed by atoms with van der Waals surface area (Å²) in [5.74, 6) is -0.0256. The lowest BCUT2D eigenvalue weighted by atomic mass is 10.0. The average Bonchev–Trinajstić information content (AvgIpc) is 2.78. The summed E-state index contributed by atoms with van der Waals surface area (Å²) in [5.41, 5.74) is 2.43. The highest BCUT2D eigenvalue weighted by Gasteiger charge is 2.27. The number of anilines is 1. The summed E-state index contributed by atoms with van der Waals surface area (Å²) in [7, 11) is 3.73. The van der Waals surface area contributed by atoms with Gasteiger partial charge >= 0.3 is 6.03 Å². The molecule has 0 aromatic heterocycles. The molecule has 7 heteroatoms. The average molecular weight is 431 g/mol. The van der Waals surface area contributed by atoms with Crippen molar-refractivity contribution in [3.8, 4) is 0 Å². The number of para-hydroxylation sites is 1. The van der Waals surface area contributed by atoms with Gasteiger partial charge in [0.05, 0.1) is 11.3 Å². The molecule has 0 radical (unpaired) electrons. The Hall–Kier alpha value is -2.57. The number of amides is 3. The summed E-state index contributed by atoms with van der Waals surface area (Å²) >= 11 is 0. The van der Waals surface area contributed by atoms with E-state index in [2.05, 4.69) is 46.8 Å². The van der Waals surface area contributed by atoms with Gasteiger partial charge in [-0.3, -0.25) is 4.79 Å². The van der Waals surface area contributed by atoms with Crippen LogP contribution in [0.2, 0.25) is 0 Å². The van der Waals surface area contributed by atoms with Crippen LogP contribution in [0, 0.1) is 0 Å². The van der Waals surface area contributed by atoms with Crippen LogP contribution in [0.4, 0.5) is 10.5 Å². The molecule has 1 aliphatic heterocycles. The van der Waals surface area contributed by atoms with Gasteiger partial charge in [-0.05, 0) is 44.0 Å². The fraction of sp³-hybridized carbons (Fsp3) is 0.391. The fourth-order valence-electron chi connectivity index (χ4n) is 3.78. The molecule has 0 unspecified atom stereocenters. The maximum Gasteiger partial charge on any atom is 0.318 e. The lowest BCUT2D eigenvalue weighted by molar-refractivity contribution is 0.0648. The van der Waals surface area contributed by atoms with E-state index in [0.717, 1.165) is 38.9 Å². The van der Waals surface area contributed by atoms with Gasteiger partial charge in [0.25, 0.3) is 5.91 Å². The largest absolute Gasteiger partial charge is 0.341 e. The number of nitrogens with zero attached hydrogens (tertiary/aromatic N) is 2. The first-order chi connectivity index (χ1) is 14.1. The van der Waals surface area contributed by atoms with E-state index in [0.29, 0.717) is 17.3 Å². The number of urea groups is 1. The third-order valence-electron chi connectivity index (χ3n) is 5.60. The maximum atomic E-state index is 13.0. The van der Waals surface area contributed by atoms with E-state index in [1.807, 2.05) is 23.1 Å². The number of piperidine rings is 1. The molecule has 3 amide bonds. The zero-order valence-corrected chi connectivity index (χ0v) is 18.5. The smallest absolute Gasteiger partial charge is 0.318 e. The number of rotatable bonds is 6. The lowest BCUT2D eigenvalue weighted by Crippen LogP contribution is -2.46. The van der Waals surface area contributed by atoms with Crippen LogP contribution in [-0.2, 0) is 6.42 Å². The molecule has 162 valence electrons. The van der Waals surface area contributed by atoms with Crippen molar-refractivity contribution < 1.29 is 9.59 Å². The van der Waals surface area contributed by atoms with Gasteiger partial charge in [-0.15, -0.1) is 12.4 Å². The van der Waals surface area contributed by atoms with Crippen LogP contribution in [0.15, 0.2) is 54.6 Å². The SMILES string of the molecule is CNC(=O)Nc1ccccc1C(=O)N1CCC(N(C)CCc2ccccc2)CC1.Cl. The molecular weight excluding hydrogens is 400 g/mol. The van der Waals surface area contributed by atoms with E-state index in [4.69, 9.17) is 0 Å². The summed E-state index contributed by atoms with van der Waals surface area (Å²) < 4.78 is 0. The van der Waals surface area contributed by atoms with Crippen LogP contribution in [0.3, 0.4) is 0 Å². The second kappa shape index (κ2) is 11.6. The van der Waals surface area contributed by atoms with Crippen molar-refractivity contribution in [1.82, 2.24) is 15.1 Å². The van der Waals surface area contributed by atoms with E-state index in [1.165, 1.54) is 5.56 Å². The molecule has 2 N–H and O–H groups in total. The monoisotopic (exact) mass is 430 g/mol. The summed E-state index contributed by atoms with van der Waals surface area (Å²) in [6.45, 7) is 2.47. The topological polar surface area (TPSA) is 64.7 Å². The molecule has 2 aromatic rings. The van der Waals surface area contributed by atoms with Crippen molar-refractivity contribution in [2.75, 3.05) is 39.0 Å². The second-order valence-electron chi connectivity index (χ2n) is 7.49. The molecule has 1 saturated heterocycles. The fourth-order valence-corrected chi connectivity index (χ4v) is 3.78. The standard InChI is InChI=1S/C23H30N4O2.ClH/c1-24-23(29)25-21-11-7-6-10-20(21)22(28)27-16-13-19(14-17-27)26(2)15-12-18-8-4-3-5-9-18;/h3-11,19H,12-17H2,1-2H3,(H2,24,25,29);1H. The Balaban J connectivity index is 0.00000320. The van der Waals surface area contributed by atoms with Crippen molar-refractivity contribution in [2.24, 2.45) is 0 Å². The molecule has 0 bridgehead atoms. The molecule has 6 nitrogen and oxygen atoms in total. The first kappa shape index (κ1) is 23.7. The number of benzene rings is 2.